The molecule has 3 aliphatic rings. The van der Waals surface area contributed by atoms with Crippen LogP contribution in [0.15, 0.2) is 0 Å². The molecule has 0 aromatic rings. The average molecular weight is 441 g/mol. The van der Waals surface area contributed by atoms with Crippen molar-refractivity contribution in [2.24, 2.45) is 5.92 Å². The van der Waals surface area contributed by atoms with E-state index < -0.39 is 53.8 Å². The molecule has 3 fully saturated rings. The van der Waals surface area contributed by atoms with Gasteiger partial charge in [0.15, 0.2) is 12.1 Å². The molecule has 0 radical (unpaired) electrons. The fraction of sp³-hybridized carbons (Fsp3) is 0.864. The molecule has 0 spiro atoms. The van der Waals surface area contributed by atoms with Gasteiger partial charge in [-0.3, -0.25) is 4.90 Å². The molecule has 9 nitrogen and oxygen atoms in total. The monoisotopic (exact) mass is 440 g/mol. The first kappa shape index (κ1) is 23.6. The first-order chi connectivity index (χ1) is 14.4. The highest BCUT2D eigenvalue weighted by molar-refractivity contribution is 5.85. The van der Waals surface area contributed by atoms with Crippen LogP contribution in [0.3, 0.4) is 0 Å². The van der Waals surface area contributed by atoms with Crippen LogP contribution < -0.4 is 5.32 Å². The quantitative estimate of drug-likeness (QED) is 0.528. The fourth-order valence-corrected chi connectivity index (χ4v) is 4.98. The van der Waals surface area contributed by atoms with Crippen molar-refractivity contribution in [1.29, 1.82) is 0 Å². The van der Waals surface area contributed by atoms with Crippen molar-refractivity contribution >= 4 is 18.2 Å². The molecule has 2 saturated heterocycles. The van der Waals surface area contributed by atoms with Gasteiger partial charge in [-0.2, -0.15) is 0 Å². The minimum atomic E-state index is -0.998. The number of rotatable bonds is 4. The Balaban J connectivity index is 1.93. The molecule has 0 aromatic carbocycles. The van der Waals surface area contributed by atoms with E-state index in [1.165, 1.54) is 13.5 Å². The SMILES string of the molecule is COC(=O)C1NC(=O)OC1C1OC(C)(C)N(C(=O)OC(C)(C)C)C1CC1CCCCC1. The van der Waals surface area contributed by atoms with Crippen molar-refractivity contribution < 1.29 is 33.3 Å². The molecule has 0 aromatic heterocycles. The van der Waals surface area contributed by atoms with E-state index in [0.717, 1.165) is 25.7 Å². The molecule has 1 saturated carbocycles. The second kappa shape index (κ2) is 8.84. The average Bonchev–Trinajstić information content (AvgIpc) is 3.17. The largest absolute Gasteiger partial charge is 0.467 e. The number of cyclic esters (lactones) is 1. The van der Waals surface area contributed by atoms with E-state index in [0.29, 0.717) is 12.3 Å². The van der Waals surface area contributed by atoms with Crippen LogP contribution >= 0.6 is 0 Å². The van der Waals surface area contributed by atoms with Crippen molar-refractivity contribution in [2.75, 3.05) is 7.11 Å². The molecule has 2 aliphatic heterocycles. The van der Waals surface area contributed by atoms with Crippen LogP contribution in [0.2, 0.25) is 0 Å². The van der Waals surface area contributed by atoms with E-state index in [4.69, 9.17) is 18.9 Å². The Morgan fingerprint density at radius 2 is 1.81 bits per heavy atom. The maximum Gasteiger partial charge on any atom is 0.412 e. The van der Waals surface area contributed by atoms with E-state index in [2.05, 4.69) is 5.32 Å². The van der Waals surface area contributed by atoms with Crippen molar-refractivity contribution in [3.8, 4) is 0 Å². The highest BCUT2D eigenvalue weighted by Gasteiger charge is 2.58. The Labute approximate surface area is 184 Å². The van der Waals surface area contributed by atoms with E-state index in [1.54, 1.807) is 18.7 Å². The van der Waals surface area contributed by atoms with E-state index in [9.17, 15) is 14.4 Å². The first-order valence-corrected chi connectivity index (χ1v) is 11.2. The summed E-state index contributed by atoms with van der Waals surface area (Å²) in [5.74, 6) is -0.185. The Morgan fingerprint density at radius 1 is 1.16 bits per heavy atom. The summed E-state index contributed by atoms with van der Waals surface area (Å²) in [5, 5.41) is 2.51. The molecule has 3 rings (SSSR count). The smallest absolute Gasteiger partial charge is 0.412 e. The molecule has 4 atom stereocenters. The topological polar surface area (TPSA) is 103 Å². The number of methoxy groups -OCH3 is 1. The van der Waals surface area contributed by atoms with E-state index >= 15 is 0 Å². The standard InChI is InChI=1S/C22H36N2O7/c1-21(2,3)31-20(27)24-14(12-13-10-8-7-9-11-13)16(30-22(24,4)5)17-15(18(25)28-6)23-19(26)29-17/h13-17H,7-12H2,1-6H3,(H,23,26). The zero-order valence-electron chi connectivity index (χ0n) is 19.4. The molecule has 2 heterocycles. The normalized spacial score (nSPS) is 31.2. The van der Waals surface area contributed by atoms with Crippen molar-refractivity contribution in [3.05, 3.63) is 0 Å². The number of nitrogens with one attached hydrogen (secondary N) is 1. The number of alkyl carbamates (subject to hydrolysis) is 1. The summed E-state index contributed by atoms with van der Waals surface area (Å²) in [5.41, 5.74) is -1.67. The molecule has 2 amide bonds. The van der Waals surface area contributed by atoms with Gasteiger partial charge in [-0.05, 0) is 47.0 Å². The Hall–Kier alpha value is -2.03. The highest BCUT2D eigenvalue weighted by atomic mass is 16.6. The van der Waals surface area contributed by atoms with Crippen molar-refractivity contribution in [3.63, 3.8) is 0 Å². The van der Waals surface area contributed by atoms with Gasteiger partial charge < -0.3 is 24.3 Å². The third kappa shape index (κ3) is 5.25. The summed E-state index contributed by atoms with van der Waals surface area (Å²) in [7, 11) is 1.26. The summed E-state index contributed by atoms with van der Waals surface area (Å²) in [6.07, 6.45) is 3.61. The van der Waals surface area contributed by atoms with Crippen molar-refractivity contribution in [2.45, 2.75) is 109 Å². The third-order valence-corrected chi connectivity index (χ3v) is 6.23. The molecular weight excluding hydrogens is 404 g/mol. The van der Waals surface area contributed by atoms with Gasteiger partial charge in [-0.1, -0.05) is 32.1 Å². The second-order valence-electron chi connectivity index (χ2n) is 10.2. The molecular formula is C22H36N2O7. The minimum Gasteiger partial charge on any atom is -0.467 e. The fourth-order valence-electron chi connectivity index (χ4n) is 4.98. The Kier molecular flexibility index (Phi) is 6.74. The minimum absolute atomic E-state index is 0.405. The number of hydrogen-bond acceptors (Lipinski definition) is 7. The van der Waals surface area contributed by atoms with Gasteiger partial charge in [-0.15, -0.1) is 0 Å². The van der Waals surface area contributed by atoms with Gasteiger partial charge in [0.2, 0.25) is 0 Å². The molecule has 31 heavy (non-hydrogen) atoms. The molecule has 176 valence electrons. The number of nitrogens with zero attached hydrogens (tertiary/aromatic N) is 1. The lowest BCUT2D eigenvalue weighted by Gasteiger charge is -2.37. The number of amides is 2. The summed E-state index contributed by atoms with van der Waals surface area (Å²) >= 11 is 0. The molecule has 9 heteroatoms. The van der Waals surface area contributed by atoms with E-state index in [1.807, 2.05) is 20.8 Å². The van der Waals surface area contributed by atoms with Crippen LogP contribution in [0.25, 0.3) is 0 Å². The zero-order chi connectivity index (χ0) is 23.0. The van der Waals surface area contributed by atoms with Crippen LogP contribution in [0, 0.1) is 5.92 Å². The predicted molar refractivity (Wildman–Crippen MR) is 111 cm³/mol. The highest BCUT2D eigenvalue weighted by Crippen LogP contribution is 2.42. The summed E-state index contributed by atoms with van der Waals surface area (Å²) in [4.78, 5) is 39.2. The first-order valence-electron chi connectivity index (χ1n) is 11.2. The maximum absolute atomic E-state index is 13.2. The van der Waals surface area contributed by atoms with Gasteiger partial charge in [0.1, 0.15) is 17.4 Å². The van der Waals surface area contributed by atoms with Crippen LogP contribution in [0.4, 0.5) is 9.59 Å². The lowest BCUT2D eigenvalue weighted by Crippen LogP contribution is -2.53. The van der Waals surface area contributed by atoms with E-state index in [-0.39, 0.29) is 0 Å². The van der Waals surface area contributed by atoms with Gasteiger partial charge in [0, 0.05) is 0 Å². The number of hydrogen-bond donors (Lipinski definition) is 1. The number of esters is 1. The van der Waals surface area contributed by atoms with Gasteiger partial charge in [0.05, 0.1) is 13.2 Å². The predicted octanol–water partition coefficient (Wildman–Crippen LogP) is 3.35. The summed E-state index contributed by atoms with van der Waals surface area (Å²) < 4.78 is 22.3. The third-order valence-electron chi connectivity index (χ3n) is 6.23. The van der Waals surface area contributed by atoms with Crippen molar-refractivity contribution in [1.82, 2.24) is 10.2 Å². The lowest BCUT2D eigenvalue weighted by atomic mass is 9.82. The van der Waals surface area contributed by atoms with Crippen LogP contribution in [0.1, 0.15) is 73.1 Å². The summed E-state index contributed by atoms with van der Waals surface area (Å²) in [6, 6.07) is -1.40. The van der Waals surface area contributed by atoms with Crippen LogP contribution in [0.5, 0.6) is 0 Å². The van der Waals surface area contributed by atoms with Gasteiger partial charge in [0.25, 0.3) is 0 Å². The number of carbonyl (C=O) groups excluding carboxylic acids is 3. The molecule has 1 aliphatic carbocycles. The van der Waals surface area contributed by atoms with Crippen LogP contribution in [-0.4, -0.2) is 65.8 Å². The number of ether oxygens (including phenoxy) is 4. The Bertz CT molecular complexity index is 696. The molecule has 4 unspecified atom stereocenters. The lowest BCUT2D eigenvalue weighted by molar-refractivity contribution is -0.148. The van der Waals surface area contributed by atoms with Crippen LogP contribution in [-0.2, 0) is 23.7 Å². The maximum atomic E-state index is 13.2. The van der Waals surface area contributed by atoms with Gasteiger partial charge in [-0.25, -0.2) is 14.4 Å². The molecule has 1 N–H and O–H groups in total. The Morgan fingerprint density at radius 3 is 2.39 bits per heavy atom. The zero-order valence-corrected chi connectivity index (χ0v) is 19.4. The second-order valence-corrected chi connectivity index (χ2v) is 10.2. The molecule has 0 bridgehead atoms. The number of carbonyl (C=O) groups is 3. The van der Waals surface area contributed by atoms with Gasteiger partial charge >= 0.3 is 18.2 Å². The summed E-state index contributed by atoms with van der Waals surface area (Å²) in [6.45, 7) is 9.04.